The monoisotopic (exact) mass is 292 g/mol. The molecule has 0 bridgehead atoms. The first-order chi connectivity index (χ1) is 9.54. The van der Waals surface area contributed by atoms with Crippen LogP contribution in [0.2, 0.25) is 0 Å². The number of carbonyl (C=O) groups is 1. The molecule has 0 atom stereocenters. The van der Waals surface area contributed by atoms with Gasteiger partial charge in [0, 0.05) is 17.0 Å². The lowest BCUT2D eigenvalue weighted by molar-refractivity contribution is 0.0955. The van der Waals surface area contributed by atoms with Crippen LogP contribution in [0.3, 0.4) is 0 Å². The molecule has 0 unspecified atom stereocenters. The highest BCUT2D eigenvalue weighted by Crippen LogP contribution is 2.38. The van der Waals surface area contributed by atoms with E-state index in [1.54, 1.807) is 12.1 Å². The molecule has 106 valence electrons. The molecule has 2 rings (SSSR count). The molecule has 20 heavy (non-hydrogen) atoms. The van der Waals surface area contributed by atoms with E-state index in [9.17, 15) is 9.18 Å². The lowest BCUT2D eigenvalue weighted by Crippen LogP contribution is -2.24. The van der Waals surface area contributed by atoms with Crippen molar-refractivity contribution in [2.45, 2.75) is 20.3 Å². The van der Waals surface area contributed by atoms with E-state index in [2.05, 4.69) is 5.32 Å². The summed E-state index contributed by atoms with van der Waals surface area (Å²) < 4.78 is 13.0. The van der Waals surface area contributed by atoms with Gasteiger partial charge in [-0.05, 0) is 31.0 Å². The number of rotatable bonds is 4. The second kappa shape index (κ2) is 6.05. The van der Waals surface area contributed by atoms with Crippen molar-refractivity contribution in [3.63, 3.8) is 0 Å². The molecule has 0 saturated heterocycles. The Bertz CT molecular complexity index is 620. The smallest absolute Gasteiger partial charge is 0.254 e. The summed E-state index contributed by atoms with van der Waals surface area (Å²) in [6.45, 7) is 4.51. The minimum atomic E-state index is -0.299. The van der Waals surface area contributed by atoms with Crippen LogP contribution in [0, 0.1) is 12.7 Å². The van der Waals surface area contributed by atoms with E-state index in [-0.39, 0.29) is 11.7 Å². The predicted octanol–water partition coefficient (Wildman–Crippen LogP) is 3.58. The van der Waals surface area contributed by atoms with Crippen LogP contribution in [0.1, 0.15) is 28.6 Å². The number of halogens is 1. The third kappa shape index (κ3) is 2.82. The molecular weight excluding hydrogens is 275 g/mol. The minimum Gasteiger partial charge on any atom is -0.390 e. The number of nitrogens with two attached hydrogens (primary N) is 1. The molecule has 0 aliphatic rings. The van der Waals surface area contributed by atoms with Crippen LogP contribution >= 0.6 is 11.3 Å². The Morgan fingerprint density at radius 3 is 2.60 bits per heavy atom. The highest BCUT2D eigenvalue weighted by Gasteiger charge is 2.21. The minimum absolute atomic E-state index is 0.173. The predicted molar refractivity (Wildman–Crippen MR) is 81.5 cm³/mol. The first kappa shape index (κ1) is 14.5. The van der Waals surface area contributed by atoms with Gasteiger partial charge < -0.3 is 11.1 Å². The normalized spacial score (nSPS) is 10.6. The summed E-state index contributed by atoms with van der Waals surface area (Å²) >= 11 is 1.38. The fraction of sp³-hybridized carbons (Fsp3) is 0.267. The highest BCUT2D eigenvalue weighted by atomic mass is 32.1. The van der Waals surface area contributed by atoms with Crippen LogP contribution in [0.25, 0.3) is 11.1 Å². The van der Waals surface area contributed by atoms with Crippen molar-refractivity contribution >= 4 is 22.2 Å². The molecule has 0 saturated carbocycles. The van der Waals surface area contributed by atoms with Crippen molar-refractivity contribution in [3.05, 3.63) is 40.5 Å². The summed E-state index contributed by atoms with van der Waals surface area (Å²) in [5.74, 6) is -0.473. The van der Waals surface area contributed by atoms with Crippen molar-refractivity contribution < 1.29 is 9.18 Å². The van der Waals surface area contributed by atoms with E-state index < -0.39 is 0 Å². The van der Waals surface area contributed by atoms with Crippen molar-refractivity contribution in [2.24, 2.45) is 0 Å². The summed E-state index contributed by atoms with van der Waals surface area (Å²) in [7, 11) is 0. The van der Waals surface area contributed by atoms with E-state index in [0.717, 1.165) is 22.4 Å². The zero-order chi connectivity index (χ0) is 14.7. The lowest BCUT2D eigenvalue weighted by atomic mass is 10.0. The maximum absolute atomic E-state index is 13.0. The summed E-state index contributed by atoms with van der Waals surface area (Å²) in [6.07, 6.45) is 0.862. The molecule has 0 aliphatic carbocycles. The summed E-state index contributed by atoms with van der Waals surface area (Å²) in [6, 6.07) is 6.10. The second-order valence-electron chi connectivity index (χ2n) is 4.54. The van der Waals surface area contributed by atoms with Crippen LogP contribution in [0.5, 0.6) is 0 Å². The largest absolute Gasteiger partial charge is 0.390 e. The maximum Gasteiger partial charge on any atom is 0.254 e. The van der Waals surface area contributed by atoms with Crippen LogP contribution in [-0.2, 0) is 0 Å². The van der Waals surface area contributed by atoms with E-state index in [1.807, 2.05) is 13.8 Å². The van der Waals surface area contributed by atoms with Crippen molar-refractivity contribution in [2.75, 3.05) is 12.3 Å². The first-order valence-electron chi connectivity index (χ1n) is 6.47. The molecule has 2 aromatic rings. The zero-order valence-corrected chi connectivity index (χ0v) is 12.3. The number of carbonyl (C=O) groups excluding carboxylic acids is 1. The number of benzene rings is 1. The van der Waals surface area contributed by atoms with Crippen LogP contribution < -0.4 is 11.1 Å². The third-order valence-electron chi connectivity index (χ3n) is 3.01. The standard InChI is InChI=1S/C15H17FN2OS/c1-3-8-18-15(19)13-12(9(2)20-14(13)17)10-4-6-11(16)7-5-10/h4-7H,3,8,17H2,1-2H3,(H,18,19). The fourth-order valence-electron chi connectivity index (χ4n) is 2.08. The van der Waals surface area contributed by atoms with E-state index >= 15 is 0 Å². The number of nitrogens with one attached hydrogen (secondary N) is 1. The number of hydrogen-bond donors (Lipinski definition) is 2. The number of nitrogen functional groups attached to an aromatic ring is 1. The van der Waals surface area contributed by atoms with Gasteiger partial charge in [0.25, 0.3) is 5.91 Å². The Balaban J connectivity index is 2.47. The number of amides is 1. The average molecular weight is 292 g/mol. The van der Waals surface area contributed by atoms with Gasteiger partial charge in [-0.3, -0.25) is 4.79 Å². The summed E-state index contributed by atoms with van der Waals surface area (Å²) in [5.41, 5.74) is 8.06. The molecule has 0 fully saturated rings. The molecule has 1 amide bonds. The molecular formula is C15H17FN2OS. The summed E-state index contributed by atoms with van der Waals surface area (Å²) in [4.78, 5) is 13.2. The van der Waals surface area contributed by atoms with E-state index in [1.165, 1.54) is 23.5 Å². The Hall–Kier alpha value is -1.88. The highest BCUT2D eigenvalue weighted by molar-refractivity contribution is 7.16. The fourth-order valence-corrected chi connectivity index (χ4v) is 3.03. The van der Waals surface area contributed by atoms with Gasteiger partial charge in [-0.15, -0.1) is 11.3 Å². The third-order valence-corrected chi connectivity index (χ3v) is 3.94. The molecule has 1 aromatic heterocycles. The molecule has 0 aliphatic heterocycles. The molecule has 1 heterocycles. The van der Waals surface area contributed by atoms with Gasteiger partial charge in [0.1, 0.15) is 5.82 Å². The SMILES string of the molecule is CCCNC(=O)c1c(N)sc(C)c1-c1ccc(F)cc1. The Morgan fingerprint density at radius 2 is 2.00 bits per heavy atom. The number of aryl methyl sites for hydroxylation is 1. The zero-order valence-electron chi connectivity index (χ0n) is 11.5. The molecule has 5 heteroatoms. The first-order valence-corrected chi connectivity index (χ1v) is 7.29. The van der Waals surface area contributed by atoms with Gasteiger partial charge in [-0.1, -0.05) is 19.1 Å². The number of anilines is 1. The van der Waals surface area contributed by atoms with Crippen molar-refractivity contribution in [3.8, 4) is 11.1 Å². The Labute approximate surface area is 121 Å². The van der Waals surface area contributed by atoms with E-state index in [4.69, 9.17) is 5.73 Å². The Kier molecular flexibility index (Phi) is 4.39. The van der Waals surface area contributed by atoms with Crippen LogP contribution in [0.15, 0.2) is 24.3 Å². The van der Waals surface area contributed by atoms with Gasteiger partial charge in [0.15, 0.2) is 0 Å². The van der Waals surface area contributed by atoms with Crippen LogP contribution in [-0.4, -0.2) is 12.5 Å². The second-order valence-corrected chi connectivity index (χ2v) is 5.79. The molecule has 1 aromatic carbocycles. The number of thiophene rings is 1. The molecule has 0 spiro atoms. The van der Waals surface area contributed by atoms with Gasteiger partial charge in [0.2, 0.25) is 0 Å². The van der Waals surface area contributed by atoms with Crippen molar-refractivity contribution in [1.82, 2.24) is 5.32 Å². The van der Waals surface area contributed by atoms with Gasteiger partial charge in [-0.25, -0.2) is 4.39 Å². The average Bonchev–Trinajstić information content (AvgIpc) is 2.72. The topological polar surface area (TPSA) is 55.1 Å². The maximum atomic E-state index is 13.0. The lowest BCUT2D eigenvalue weighted by Gasteiger charge is -2.08. The van der Waals surface area contributed by atoms with Gasteiger partial charge in [0.05, 0.1) is 10.6 Å². The Morgan fingerprint density at radius 1 is 1.35 bits per heavy atom. The summed E-state index contributed by atoms with van der Waals surface area (Å²) in [5, 5.41) is 3.33. The number of hydrogen-bond acceptors (Lipinski definition) is 3. The van der Waals surface area contributed by atoms with Crippen LogP contribution in [0.4, 0.5) is 9.39 Å². The van der Waals surface area contributed by atoms with E-state index in [0.29, 0.717) is 17.1 Å². The quantitative estimate of drug-likeness (QED) is 0.905. The van der Waals surface area contributed by atoms with Gasteiger partial charge >= 0.3 is 0 Å². The molecule has 0 radical (unpaired) electrons. The molecule has 3 N–H and O–H groups in total. The molecule has 3 nitrogen and oxygen atoms in total. The van der Waals surface area contributed by atoms with Gasteiger partial charge in [-0.2, -0.15) is 0 Å². The van der Waals surface area contributed by atoms with Crippen molar-refractivity contribution in [1.29, 1.82) is 0 Å².